The van der Waals surface area contributed by atoms with Gasteiger partial charge in [-0.3, -0.25) is 18.7 Å². The fourth-order valence-electron chi connectivity index (χ4n) is 10.7. The van der Waals surface area contributed by atoms with E-state index >= 15 is 4.79 Å². The molecule has 3 heterocycles. The highest BCUT2D eigenvalue weighted by molar-refractivity contribution is 14.1. The predicted molar refractivity (Wildman–Crippen MR) is 317 cm³/mol. The molecule has 1 aromatic heterocycles. The van der Waals surface area contributed by atoms with Gasteiger partial charge in [-0.25, -0.2) is 14.6 Å². The third-order valence-electron chi connectivity index (χ3n) is 14.7. The molecule has 3 atom stereocenters. The molecule has 11 rings (SSSR count). The largest absolute Gasteiger partial charge is 0.450 e. The van der Waals surface area contributed by atoms with E-state index in [2.05, 4.69) is 38.4 Å². The molecule has 80 heavy (non-hydrogen) atoms. The Kier molecular flexibility index (Phi) is 16.3. The number of thiazole rings is 1. The van der Waals surface area contributed by atoms with Crippen LogP contribution in [0.15, 0.2) is 234 Å². The maximum absolute atomic E-state index is 15.2. The van der Waals surface area contributed by atoms with Crippen LogP contribution in [0, 0.1) is 0 Å². The average Bonchev–Trinajstić information content (AvgIpc) is 4.33. The first-order valence-corrected chi connectivity index (χ1v) is 30.0. The topological polar surface area (TPSA) is 166 Å². The number of hydrogen-bond acceptors (Lipinski definition) is 12. The molecule has 7 aromatic carbocycles. The molecule has 402 valence electrons. The molecule has 0 radical (unpaired) electrons. The lowest BCUT2D eigenvalue weighted by Gasteiger charge is -2.49. The Morgan fingerprint density at radius 1 is 0.675 bits per heavy atom. The number of carbonyl (C=O) groups excluding carboxylic acids is 4. The van der Waals surface area contributed by atoms with E-state index in [1.54, 1.807) is 5.38 Å². The fourth-order valence-corrected chi connectivity index (χ4v) is 14.1. The highest BCUT2D eigenvalue weighted by atomic mass is 127. The maximum atomic E-state index is 15.2. The highest BCUT2D eigenvalue weighted by Crippen LogP contribution is 2.43. The van der Waals surface area contributed by atoms with E-state index in [1.807, 2.05) is 212 Å². The second-order valence-electron chi connectivity index (χ2n) is 19.6. The van der Waals surface area contributed by atoms with Crippen LogP contribution in [-0.2, 0) is 49.8 Å². The van der Waals surface area contributed by atoms with Crippen molar-refractivity contribution in [3.63, 3.8) is 0 Å². The van der Waals surface area contributed by atoms with E-state index in [1.165, 1.54) is 16.2 Å². The second kappa shape index (κ2) is 24.1. The number of rotatable bonds is 19. The van der Waals surface area contributed by atoms with Gasteiger partial charge in [-0.1, -0.05) is 240 Å². The molecule has 2 N–H and O–H groups in total. The summed E-state index contributed by atoms with van der Waals surface area (Å²) in [6, 6.07) is 66.0. The number of ether oxygens (including phenoxy) is 2. The van der Waals surface area contributed by atoms with Crippen molar-refractivity contribution in [2.75, 3.05) is 15.5 Å². The van der Waals surface area contributed by atoms with Crippen LogP contribution >= 0.6 is 33.9 Å². The summed E-state index contributed by atoms with van der Waals surface area (Å²) in [6.07, 6.45) is 0.133. The number of nitrogens with zero attached hydrogens (tertiary/aromatic N) is 3. The number of amides is 2. The van der Waals surface area contributed by atoms with Gasteiger partial charge < -0.3 is 24.9 Å². The number of fused-ring (bicyclic) bond motifs is 1. The van der Waals surface area contributed by atoms with E-state index in [9.17, 15) is 18.6 Å². The van der Waals surface area contributed by atoms with Gasteiger partial charge >= 0.3 is 11.9 Å². The van der Waals surface area contributed by atoms with Crippen molar-refractivity contribution in [3.8, 4) is 0 Å². The van der Waals surface area contributed by atoms with Crippen LogP contribution in [0.4, 0.5) is 5.13 Å². The van der Waals surface area contributed by atoms with Crippen molar-refractivity contribution in [1.29, 1.82) is 0 Å². The van der Waals surface area contributed by atoms with E-state index in [0.29, 0.717) is 28.0 Å². The normalized spacial score (nSPS) is 17.8. The highest BCUT2D eigenvalue weighted by Gasteiger charge is 2.58. The molecule has 8 aromatic rings. The van der Waals surface area contributed by atoms with Gasteiger partial charge in [0.2, 0.25) is 5.60 Å². The quantitative estimate of drug-likeness (QED) is 0.0151. The lowest BCUT2D eigenvalue weighted by Crippen LogP contribution is -2.74. The predicted octanol–water partition coefficient (Wildman–Crippen LogP) is 11.4. The van der Waals surface area contributed by atoms with Crippen LogP contribution in [0.25, 0.3) is 0 Å². The minimum Gasteiger partial charge on any atom is -0.450 e. The molecule has 3 aliphatic rings. The molecule has 0 bridgehead atoms. The van der Waals surface area contributed by atoms with Gasteiger partial charge in [0.1, 0.15) is 28.3 Å². The number of benzene rings is 7. The number of nitrogens with one attached hydrogen (secondary N) is 2. The van der Waals surface area contributed by atoms with Gasteiger partial charge in [0.05, 0.1) is 16.6 Å². The number of esters is 2. The number of β-lactam (4-membered cyclic amide) rings is 1. The number of alkyl halides is 1. The Labute approximate surface area is 483 Å². The van der Waals surface area contributed by atoms with Crippen molar-refractivity contribution in [1.82, 2.24) is 15.2 Å². The maximum Gasteiger partial charge on any atom is 0.356 e. The third kappa shape index (κ3) is 10.9. The third-order valence-corrected chi connectivity index (χ3v) is 18.0. The Bertz CT molecular complexity index is 3400. The zero-order valence-corrected chi connectivity index (χ0v) is 46.9. The molecular formula is C64H54IN5O8S2. The number of oxime groups is 1. The van der Waals surface area contributed by atoms with Gasteiger partial charge in [0, 0.05) is 22.6 Å². The minimum atomic E-state index is -1.76. The van der Waals surface area contributed by atoms with Crippen LogP contribution in [0.3, 0.4) is 0 Å². The summed E-state index contributed by atoms with van der Waals surface area (Å²) in [4.78, 5) is 71.8. The van der Waals surface area contributed by atoms with Crippen molar-refractivity contribution in [3.05, 3.63) is 274 Å². The van der Waals surface area contributed by atoms with Gasteiger partial charge in [0.25, 0.3) is 11.8 Å². The van der Waals surface area contributed by atoms with E-state index in [0.717, 1.165) is 38.9 Å². The molecule has 2 fully saturated rings. The fraction of sp³-hybridized carbons (Fsp3) is 0.188. The van der Waals surface area contributed by atoms with Crippen LogP contribution in [0.5, 0.6) is 0 Å². The van der Waals surface area contributed by atoms with Crippen molar-refractivity contribution < 1.29 is 37.7 Å². The minimum absolute atomic E-state index is 0.00599. The zero-order valence-electron chi connectivity index (χ0n) is 43.1. The molecule has 2 amide bonds. The number of halogens is 1. The molecule has 2 aliphatic heterocycles. The van der Waals surface area contributed by atoms with Crippen LogP contribution in [0.2, 0.25) is 0 Å². The lowest BCUT2D eigenvalue weighted by molar-refractivity contribution is -0.176. The first-order chi connectivity index (χ1) is 39.2. The molecule has 1 saturated carbocycles. The number of anilines is 1. The molecular weight excluding hydrogens is 1160 g/mol. The van der Waals surface area contributed by atoms with Gasteiger partial charge in [-0.15, -0.1) is 11.3 Å². The van der Waals surface area contributed by atoms with E-state index in [4.69, 9.17) is 19.3 Å². The smallest absolute Gasteiger partial charge is 0.356 e. The molecule has 1 aliphatic carbocycles. The number of aromatic nitrogens is 1. The lowest BCUT2D eigenvalue weighted by atomic mass is 9.77. The van der Waals surface area contributed by atoms with Gasteiger partial charge in [0.15, 0.2) is 23.1 Å². The van der Waals surface area contributed by atoms with E-state index < -0.39 is 69.3 Å². The Morgan fingerprint density at radius 2 is 1.11 bits per heavy atom. The van der Waals surface area contributed by atoms with Crippen LogP contribution in [-0.4, -0.2) is 70.8 Å². The first-order valence-electron chi connectivity index (χ1n) is 26.3. The van der Waals surface area contributed by atoms with Crippen molar-refractivity contribution >= 4 is 79.3 Å². The van der Waals surface area contributed by atoms with Crippen molar-refractivity contribution in [2.45, 2.75) is 60.4 Å². The van der Waals surface area contributed by atoms with Crippen LogP contribution in [0.1, 0.15) is 82.5 Å². The zero-order chi connectivity index (χ0) is 55.1. The molecule has 2 unspecified atom stereocenters. The Hall–Kier alpha value is -8.06. The molecule has 16 heteroatoms. The molecule has 13 nitrogen and oxygen atoms in total. The summed E-state index contributed by atoms with van der Waals surface area (Å²) in [5, 5.41) is 12.1. The molecule has 1 saturated heterocycles. The van der Waals surface area contributed by atoms with Crippen LogP contribution < -0.4 is 10.6 Å². The standard InChI is InChI=1S/C64H54IN5O8S2/c65-40-47-42-80(75)59-53(58(72)70(59)54(47)60(73)76-55(43-24-8-1-9-25-43)44-26-10-2-11-27-44)67-57(71)52(69-78-63(38-22-23-39-63)61(74)77-56(45-28-12-3-13-29-45)46-30-14-4-15-31-46)51-41-79-62(66-51)68-64(48-32-16-5-17-33-48,49-34-18-6-19-35-49)50-36-20-7-21-37-50/h1-21,24-37,41,53,55-56,59H,22-23,38-40,42H2,(H,66,68)(H,67,71)/b69-52+/t53?,59-,80?/m1/s1. The summed E-state index contributed by atoms with van der Waals surface area (Å²) >= 11 is 3.32. The average molecular weight is 1210 g/mol. The summed E-state index contributed by atoms with van der Waals surface area (Å²) < 4.78 is 27.3. The summed E-state index contributed by atoms with van der Waals surface area (Å²) in [5.74, 6) is -3.00. The van der Waals surface area contributed by atoms with Gasteiger partial charge in [-0.05, 0) is 57.4 Å². The monoisotopic (exact) mass is 1210 g/mol. The Balaban J connectivity index is 0.940. The number of hydrogen-bond donors (Lipinski definition) is 2. The second-order valence-corrected chi connectivity index (χ2v) is 22.8. The van der Waals surface area contributed by atoms with Crippen molar-refractivity contribution in [2.24, 2.45) is 5.16 Å². The Morgan fingerprint density at radius 3 is 1.56 bits per heavy atom. The summed E-state index contributed by atoms with van der Waals surface area (Å²) in [6.45, 7) is 0. The number of carbonyl (C=O) groups is 4. The first kappa shape index (κ1) is 53.9. The van der Waals surface area contributed by atoms with Gasteiger partial charge in [-0.2, -0.15) is 0 Å². The SMILES string of the molecule is O=C(OC(c1ccccc1)c1ccccc1)C1=C(CI)CS(=O)[C@@H]2C(NC(=O)/C(=N/OC3(C(=O)OC(c4ccccc4)c4ccccc4)CCCC3)c3csc(NC(c4ccccc4)(c4ccccc4)c4ccccc4)n3)C(=O)N12. The van der Waals surface area contributed by atoms with E-state index in [-0.39, 0.29) is 35.7 Å². The molecule has 0 spiro atoms. The summed E-state index contributed by atoms with van der Waals surface area (Å²) in [5.41, 5.74) is 3.33. The summed E-state index contributed by atoms with van der Waals surface area (Å²) in [7, 11) is -1.76.